The summed E-state index contributed by atoms with van der Waals surface area (Å²) in [6.07, 6.45) is 0.137. The van der Waals surface area contributed by atoms with Crippen molar-refractivity contribution in [2.24, 2.45) is 0 Å². The fourth-order valence-corrected chi connectivity index (χ4v) is 2.01. The van der Waals surface area contributed by atoms with Crippen molar-refractivity contribution in [2.45, 2.75) is 26.6 Å². The van der Waals surface area contributed by atoms with Crippen molar-refractivity contribution < 1.29 is 19.2 Å². The highest BCUT2D eigenvalue weighted by molar-refractivity contribution is 6.19. The van der Waals surface area contributed by atoms with Crippen LogP contribution in [0.25, 0.3) is 0 Å². The number of nitrogens with zero attached hydrogens (tertiary/aromatic N) is 2. The van der Waals surface area contributed by atoms with Crippen LogP contribution in [0.3, 0.4) is 0 Å². The topological polar surface area (TPSA) is 98.8 Å². The number of hydrogen-bond acceptors (Lipinski definition) is 5. The molecule has 9 heteroatoms. The zero-order chi connectivity index (χ0) is 18.5. The van der Waals surface area contributed by atoms with Crippen molar-refractivity contribution in [3.05, 3.63) is 0 Å². The van der Waals surface area contributed by atoms with E-state index in [-0.39, 0.29) is 56.0 Å². The largest absolute Gasteiger partial charge is 0.353 e. The molecule has 24 heavy (non-hydrogen) atoms. The van der Waals surface area contributed by atoms with E-state index < -0.39 is 0 Å². The van der Waals surface area contributed by atoms with Gasteiger partial charge in [-0.15, -0.1) is 0 Å². The molecular formula is C15H27BN4O4. The summed E-state index contributed by atoms with van der Waals surface area (Å²) >= 11 is 0. The van der Waals surface area contributed by atoms with E-state index >= 15 is 0 Å². The Kier molecular flexibility index (Phi) is 11.5. The molecule has 134 valence electrons. The van der Waals surface area contributed by atoms with E-state index in [1.807, 2.05) is 0 Å². The van der Waals surface area contributed by atoms with Crippen LogP contribution >= 0.6 is 0 Å². The van der Waals surface area contributed by atoms with Crippen LogP contribution in [0.4, 0.5) is 0 Å². The van der Waals surface area contributed by atoms with Crippen molar-refractivity contribution in [1.82, 2.24) is 20.4 Å². The van der Waals surface area contributed by atoms with E-state index in [0.717, 1.165) is 0 Å². The molecule has 0 heterocycles. The molecule has 0 aromatic carbocycles. The predicted molar refractivity (Wildman–Crippen MR) is 91.6 cm³/mol. The number of ketones is 1. The Morgan fingerprint density at radius 2 is 1.54 bits per heavy atom. The van der Waals surface area contributed by atoms with Crippen LogP contribution in [0, 0.1) is 0 Å². The number of rotatable bonds is 12. The highest BCUT2D eigenvalue weighted by Crippen LogP contribution is 1.95. The summed E-state index contributed by atoms with van der Waals surface area (Å²) in [6.45, 7) is 4.46. The van der Waals surface area contributed by atoms with Gasteiger partial charge >= 0.3 is 0 Å². The minimum Gasteiger partial charge on any atom is -0.353 e. The standard InChI is InChI=1S/C15H27BN4O4/c1-4-14(23)19(10-12(2)21)8-6-18-13(22)11-20(7-5-17-3)15(24)9-16/h17H,4-11H2,1-3H3,(H,18,22). The third kappa shape index (κ3) is 9.29. The fraction of sp³-hybridized carbons (Fsp3) is 0.733. The molecule has 0 rings (SSSR count). The molecule has 0 bridgehead atoms. The third-order valence-corrected chi connectivity index (χ3v) is 3.27. The van der Waals surface area contributed by atoms with E-state index in [1.54, 1.807) is 14.0 Å². The molecule has 0 saturated heterocycles. The molecular weight excluding hydrogens is 311 g/mol. The molecule has 0 atom stereocenters. The van der Waals surface area contributed by atoms with Crippen LogP contribution in [-0.4, -0.2) is 87.5 Å². The lowest BCUT2D eigenvalue weighted by Gasteiger charge is -2.23. The van der Waals surface area contributed by atoms with Crippen LogP contribution < -0.4 is 10.6 Å². The molecule has 0 fully saturated rings. The van der Waals surface area contributed by atoms with Crippen LogP contribution in [0.15, 0.2) is 0 Å². The predicted octanol–water partition coefficient (Wildman–Crippen LogP) is -1.43. The van der Waals surface area contributed by atoms with E-state index in [4.69, 9.17) is 7.85 Å². The summed E-state index contributed by atoms with van der Waals surface area (Å²) in [5.41, 5.74) is 0. The molecule has 0 aromatic rings. The summed E-state index contributed by atoms with van der Waals surface area (Å²) < 4.78 is 0. The first-order chi connectivity index (χ1) is 11.3. The van der Waals surface area contributed by atoms with Gasteiger partial charge in [0.25, 0.3) is 0 Å². The molecule has 0 aliphatic rings. The van der Waals surface area contributed by atoms with Gasteiger partial charge < -0.3 is 20.4 Å². The van der Waals surface area contributed by atoms with Gasteiger partial charge in [-0.3, -0.25) is 19.2 Å². The first kappa shape index (κ1) is 22.1. The summed E-state index contributed by atoms with van der Waals surface area (Å²) in [7, 11) is 7.09. The lowest BCUT2D eigenvalue weighted by Crippen LogP contribution is -2.45. The van der Waals surface area contributed by atoms with Gasteiger partial charge in [-0.05, 0) is 20.3 Å². The van der Waals surface area contributed by atoms with Gasteiger partial charge in [0.1, 0.15) is 5.78 Å². The molecule has 3 amide bonds. The Labute approximate surface area is 144 Å². The number of Topliss-reactive ketones (excluding diaryl/α,β-unsaturated/α-hetero) is 1. The maximum absolute atomic E-state index is 11.9. The average Bonchev–Trinajstić information content (AvgIpc) is 2.55. The Hall–Kier alpha value is -1.90. The molecule has 8 nitrogen and oxygen atoms in total. The SMILES string of the molecule is [B]CC(=O)N(CCNC)CC(=O)NCCN(CC(C)=O)C(=O)CC. The highest BCUT2D eigenvalue weighted by atomic mass is 16.2. The van der Waals surface area contributed by atoms with E-state index in [0.29, 0.717) is 19.5 Å². The molecule has 0 unspecified atom stereocenters. The minimum absolute atomic E-state index is 0.0303. The second kappa shape index (κ2) is 12.5. The number of nitrogens with one attached hydrogen (secondary N) is 2. The summed E-state index contributed by atoms with van der Waals surface area (Å²) in [5.74, 6) is -0.900. The molecule has 0 spiro atoms. The van der Waals surface area contributed by atoms with Gasteiger partial charge in [-0.1, -0.05) is 6.92 Å². The minimum atomic E-state index is -0.334. The second-order valence-electron chi connectivity index (χ2n) is 5.34. The van der Waals surface area contributed by atoms with Crippen LogP contribution in [0.1, 0.15) is 20.3 Å². The average molecular weight is 338 g/mol. The number of likely N-dealkylation sites (N-methyl/N-ethyl adjacent to an activating group) is 1. The zero-order valence-electron chi connectivity index (χ0n) is 14.8. The Morgan fingerprint density at radius 1 is 0.958 bits per heavy atom. The van der Waals surface area contributed by atoms with Gasteiger partial charge in [-0.2, -0.15) is 0 Å². The van der Waals surface area contributed by atoms with Gasteiger partial charge in [0.05, 0.1) is 20.9 Å². The first-order valence-corrected chi connectivity index (χ1v) is 8.02. The molecule has 2 N–H and O–H groups in total. The third-order valence-electron chi connectivity index (χ3n) is 3.27. The Balaban J connectivity index is 4.40. The van der Waals surface area contributed by atoms with Crippen molar-refractivity contribution in [1.29, 1.82) is 0 Å². The molecule has 2 radical (unpaired) electrons. The van der Waals surface area contributed by atoms with E-state index in [9.17, 15) is 19.2 Å². The lowest BCUT2D eigenvalue weighted by molar-refractivity contribution is -0.135. The van der Waals surface area contributed by atoms with Crippen molar-refractivity contribution >= 4 is 31.4 Å². The smallest absolute Gasteiger partial charge is 0.239 e. The molecule has 0 aliphatic carbocycles. The normalized spacial score (nSPS) is 10.1. The Bertz CT molecular complexity index is 445. The molecule has 0 aromatic heterocycles. The lowest BCUT2D eigenvalue weighted by atomic mass is 10.0. The molecule has 0 saturated carbocycles. The quantitative estimate of drug-likeness (QED) is 0.425. The highest BCUT2D eigenvalue weighted by Gasteiger charge is 2.16. The van der Waals surface area contributed by atoms with Crippen LogP contribution in [0.5, 0.6) is 0 Å². The van der Waals surface area contributed by atoms with Gasteiger partial charge in [0, 0.05) is 32.6 Å². The number of carbonyl (C=O) groups is 4. The van der Waals surface area contributed by atoms with Crippen molar-refractivity contribution in [3.8, 4) is 0 Å². The van der Waals surface area contributed by atoms with Gasteiger partial charge in [0.15, 0.2) is 0 Å². The van der Waals surface area contributed by atoms with Crippen molar-refractivity contribution in [2.75, 3.05) is 46.3 Å². The van der Waals surface area contributed by atoms with Crippen LogP contribution in [0.2, 0.25) is 6.32 Å². The first-order valence-electron chi connectivity index (χ1n) is 8.02. The monoisotopic (exact) mass is 338 g/mol. The van der Waals surface area contributed by atoms with Crippen molar-refractivity contribution in [3.63, 3.8) is 0 Å². The zero-order valence-corrected chi connectivity index (χ0v) is 14.8. The van der Waals surface area contributed by atoms with Gasteiger partial charge in [-0.25, -0.2) is 0 Å². The summed E-state index contributed by atoms with van der Waals surface area (Å²) in [4.78, 5) is 49.3. The van der Waals surface area contributed by atoms with E-state index in [2.05, 4.69) is 10.6 Å². The van der Waals surface area contributed by atoms with Crippen LogP contribution in [-0.2, 0) is 19.2 Å². The van der Waals surface area contributed by atoms with E-state index in [1.165, 1.54) is 16.7 Å². The number of amides is 3. The number of hydrogen-bond donors (Lipinski definition) is 2. The second-order valence-corrected chi connectivity index (χ2v) is 5.34. The maximum atomic E-state index is 11.9. The summed E-state index contributed by atoms with van der Waals surface area (Å²) in [6, 6.07) is 0. The fourth-order valence-electron chi connectivity index (χ4n) is 2.01. The maximum Gasteiger partial charge on any atom is 0.239 e. The summed E-state index contributed by atoms with van der Waals surface area (Å²) in [5, 5.41) is 5.56. The van der Waals surface area contributed by atoms with Gasteiger partial charge in [0.2, 0.25) is 17.7 Å². The molecule has 0 aliphatic heterocycles. The number of carbonyl (C=O) groups excluding carboxylic acids is 4. The Morgan fingerprint density at radius 3 is 2.04 bits per heavy atom.